The summed E-state index contributed by atoms with van der Waals surface area (Å²) < 4.78 is 37.9. The van der Waals surface area contributed by atoms with Crippen molar-refractivity contribution in [3.05, 3.63) is 24.3 Å². The van der Waals surface area contributed by atoms with Crippen molar-refractivity contribution in [1.82, 2.24) is 25.5 Å². The van der Waals surface area contributed by atoms with E-state index in [-0.39, 0.29) is 6.54 Å². The van der Waals surface area contributed by atoms with Crippen LogP contribution < -0.4 is 10.6 Å². The number of nitrogens with one attached hydrogen (secondary N) is 2. The van der Waals surface area contributed by atoms with Gasteiger partial charge in [-0.3, -0.25) is 4.79 Å². The summed E-state index contributed by atoms with van der Waals surface area (Å²) in [6.07, 6.45) is -2.35. The maximum absolute atomic E-state index is 12.0. The van der Waals surface area contributed by atoms with Crippen molar-refractivity contribution in [3.8, 4) is 11.4 Å². The van der Waals surface area contributed by atoms with E-state index in [2.05, 4.69) is 20.8 Å². The van der Waals surface area contributed by atoms with Crippen LogP contribution >= 0.6 is 0 Å². The van der Waals surface area contributed by atoms with Crippen LogP contribution in [-0.2, 0) is 4.79 Å². The van der Waals surface area contributed by atoms with Crippen molar-refractivity contribution >= 4 is 11.6 Å². The molecule has 1 aromatic carbocycles. The number of nitrogens with zero attached hydrogens (tertiary/aromatic N) is 4. The van der Waals surface area contributed by atoms with Crippen LogP contribution in [0.2, 0.25) is 0 Å². The number of rotatable bonds is 6. The molecule has 1 aliphatic rings. The number of amides is 1. The summed E-state index contributed by atoms with van der Waals surface area (Å²) in [5.74, 6) is -0.108. The van der Waals surface area contributed by atoms with Crippen LogP contribution in [-0.4, -0.2) is 45.4 Å². The molecule has 1 aliphatic carbocycles. The lowest BCUT2D eigenvalue weighted by atomic mass is 10.2. The Morgan fingerprint density at radius 1 is 1.33 bits per heavy atom. The summed E-state index contributed by atoms with van der Waals surface area (Å²) >= 11 is 0. The first-order chi connectivity index (χ1) is 11.4. The summed E-state index contributed by atoms with van der Waals surface area (Å²) in [5, 5.41) is 16.3. The predicted molar refractivity (Wildman–Crippen MR) is 79.1 cm³/mol. The molecule has 3 rings (SSSR count). The van der Waals surface area contributed by atoms with Crippen LogP contribution in [0.25, 0.3) is 11.4 Å². The molecule has 1 fully saturated rings. The van der Waals surface area contributed by atoms with Gasteiger partial charge in [-0.25, -0.2) is 4.68 Å². The average Bonchev–Trinajstić information content (AvgIpc) is 3.27. The molecule has 1 aromatic heterocycles. The van der Waals surface area contributed by atoms with E-state index in [1.54, 1.807) is 28.2 Å². The summed E-state index contributed by atoms with van der Waals surface area (Å²) in [6.45, 7) is -1.60. The number of carbonyl (C=O) groups excluding carboxylic acids is 1. The first kappa shape index (κ1) is 16.2. The van der Waals surface area contributed by atoms with Gasteiger partial charge in [0.15, 0.2) is 5.82 Å². The average molecular weight is 340 g/mol. The number of hydrogen-bond donors (Lipinski definition) is 2. The van der Waals surface area contributed by atoms with Crippen LogP contribution in [0.5, 0.6) is 0 Å². The van der Waals surface area contributed by atoms with Gasteiger partial charge in [-0.2, -0.15) is 13.2 Å². The molecule has 0 unspecified atom stereocenters. The summed E-state index contributed by atoms with van der Waals surface area (Å²) in [6, 6.07) is 7.38. The Morgan fingerprint density at radius 3 is 2.83 bits per heavy atom. The van der Waals surface area contributed by atoms with Gasteiger partial charge in [-0.15, -0.1) is 5.10 Å². The smallest absolute Gasteiger partial charge is 0.376 e. The zero-order valence-electron chi connectivity index (χ0n) is 12.5. The number of halogens is 3. The molecule has 0 bridgehead atoms. The second-order valence-corrected chi connectivity index (χ2v) is 5.50. The Kier molecular flexibility index (Phi) is 4.36. The first-order valence-corrected chi connectivity index (χ1v) is 7.38. The minimum Gasteiger partial charge on any atom is -0.376 e. The van der Waals surface area contributed by atoms with Crippen LogP contribution in [0.15, 0.2) is 24.3 Å². The van der Waals surface area contributed by atoms with Gasteiger partial charge >= 0.3 is 6.18 Å². The highest BCUT2D eigenvalue weighted by Gasteiger charge is 2.28. The normalized spacial score (nSPS) is 14.5. The van der Waals surface area contributed by atoms with Crippen LogP contribution in [0.3, 0.4) is 0 Å². The highest BCUT2D eigenvalue weighted by molar-refractivity contribution is 5.81. The van der Waals surface area contributed by atoms with Gasteiger partial charge in [0.2, 0.25) is 5.91 Å². The lowest BCUT2D eigenvalue weighted by Crippen LogP contribution is -2.37. The lowest BCUT2D eigenvalue weighted by molar-refractivity contribution is -0.137. The monoisotopic (exact) mass is 340 g/mol. The maximum atomic E-state index is 12.0. The minimum absolute atomic E-state index is 0.257. The van der Waals surface area contributed by atoms with E-state index in [1.165, 1.54) is 0 Å². The van der Waals surface area contributed by atoms with Gasteiger partial charge in [0.1, 0.15) is 6.54 Å². The molecule has 7 nitrogen and oxygen atoms in total. The highest BCUT2D eigenvalue weighted by atomic mass is 19.4. The number of aromatic nitrogens is 4. The molecule has 1 saturated carbocycles. The van der Waals surface area contributed by atoms with E-state index >= 15 is 0 Å². The fourth-order valence-electron chi connectivity index (χ4n) is 2.16. The summed E-state index contributed by atoms with van der Waals surface area (Å²) in [4.78, 5) is 11.4. The summed E-state index contributed by atoms with van der Waals surface area (Å²) in [7, 11) is 0. The van der Waals surface area contributed by atoms with Crippen LogP contribution in [0, 0.1) is 0 Å². The van der Waals surface area contributed by atoms with Gasteiger partial charge in [-0.1, -0.05) is 12.1 Å². The first-order valence-electron chi connectivity index (χ1n) is 7.38. The van der Waals surface area contributed by atoms with E-state index in [9.17, 15) is 18.0 Å². The fraction of sp³-hybridized carbons (Fsp3) is 0.429. The lowest BCUT2D eigenvalue weighted by Gasteiger charge is -2.10. The Labute approximate surface area is 135 Å². The van der Waals surface area contributed by atoms with E-state index in [4.69, 9.17) is 0 Å². The molecule has 24 heavy (non-hydrogen) atoms. The Hall–Kier alpha value is -2.65. The fourth-order valence-corrected chi connectivity index (χ4v) is 2.16. The topological polar surface area (TPSA) is 84.7 Å². The number of alkyl halides is 3. The van der Waals surface area contributed by atoms with Gasteiger partial charge < -0.3 is 10.6 Å². The standard InChI is InChI=1S/C14H15F3N6O/c15-14(16,17)8-19-12(24)7-18-10-3-1-2-9(6-10)13-20-21-22-23(13)11-4-5-11/h1-3,6,11,18H,4-5,7-8H2,(H,19,24). The van der Waals surface area contributed by atoms with Gasteiger partial charge in [0.25, 0.3) is 0 Å². The Morgan fingerprint density at radius 2 is 2.12 bits per heavy atom. The van der Waals surface area contributed by atoms with Crippen LogP contribution in [0.4, 0.5) is 18.9 Å². The second kappa shape index (κ2) is 6.46. The van der Waals surface area contributed by atoms with Crippen LogP contribution in [0.1, 0.15) is 18.9 Å². The minimum atomic E-state index is -4.42. The molecule has 0 saturated heterocycles. The third-order valence-electron chi connectivity index (χ3n) is 3.45. The number of tetrazole rings is 1. The predicted octanol–water partition coefficient (Wildman–Crippen LogP) is 1.77. The molecule has 0 atom stereocenters. The Balaban J connectivity index is 1.61. The maximum Gasteiger partial charge on any atom is 0.405 e. The molecule has 0 radical (unpaired) electrons. The number of anilines is 1. The molecular weight excluding hydrogens is 325 g/mol. The zero-order valence-corrected chi connectivity index (χ0v) is 12.5. The third-order valence-corrected chi connectivity index (χ3v) is 3.45. The molecule has 0 aliphatic heterocycles. The van der Waals surface area contributed by atoms with E-state index < -0.39 is 18.6 Å². The Bertz CT molecular complexity index is 725. The van der Waals surface area contributed by atoms with E-state index in [0.717, 1.165) is 18.4 Å². The molecule has 1 heterocycles. The quantitative estimate of drug-likeness (QED) is 0.837. The highest BCUT2D eigenvalue weighted by Crippen LogP contribution is 2.36. The molecule has 2 aromatic rings. The molecule has 2 N–H and O–H groups in total. The molecule has 128 valence electrons. The SMILES string of the molecule is O=C(CNc1cccc(-c2nnnn2C2CC2)c1)NCC(F)(F)F. The number of hydrogen-bond acceptors (Lipinski definition) is 5. The van der Waals surface area contributed by atoms with Crippen molar-refractivity contribution < 1.29 is 18.0 Å². The molecular formula is C14H15F3N6O. The third kappa shape index (κ3) is 4.21. The second-order valence-electron chi connectivity index (χ2n) is 5.50. The zero-order chi connectivity index (χ0) is 17.2. The van der Waals surface area contributed by atoms with Gasteiger partial charge in [0, 0.05) is 11.3 Å². The molecule has 10 heteroatoms. The van der Waals surface area contributed by atoms with Gasteiger partial charge in [0.05, 0.1) is 12.6 Å². The van der Waals surface area contributed by atoms with Crippen molar-refractivity contribution in [2.75, 3.05) is 18.4 Å². The summed E-state index contributed by atoms with van der Waals surface area (Å²) in [5.41, 5.74) is 1.37. The van der Waals surface area contributed by atoms with Crippen molar-refractivity contribution in [3.63, 3.8) is 0 Å². The van der Waals surface area contributed by atoms with Crippen molar-refractivity contribution in [2.24, 2.45) is 0 Å². The number of carbonyl (C=O) groups is 1. The van der Waals surface area contributed by atoms with Crippen molar-refractivity contribution in [1.29, 1.82) is 0 Å². The van der Waals surface area contributed by atoms with E-state index in [0.29, 0.717) is 17.6 Å². The largest absolute Gasteiger partial charge is 0.405 e. The molecule has 0 spiro atoms. The van der Waals surface area contributed by atoms with Crippen molar-refractivity contribution in [2.45, 2.75) is 25.1 Å². The van der Waals surface area contributed by atoms with E-state index in [1.807, 2.05) is 6.07 Å². The van der Waals surface area contributed by atoms with Gasteiger partial charge in [-0.05, 0) is 35.4 Å². The number of benzene rings is 1. The molecule has 1 amide bonds.